The van der Waals surface area contributed by atoms with E-state index in [1.165, 1.54) is 0 Å². The van der Waals surface area contributed by atoms with Gasteiger partial charge in [-0.25, -0.2) is 4.98 Å². The lowest BCUT2D eigenvalue weighted by Gasteiger charge is -2.30. The Morgan fingerprint density at radius 1 is 1.10 bits per heavy atom. The molecule has 4 rings (SSSR count). The van der Waals surface area contributed by atoms with E-state index in [9.17, 15) is 9.59 Å². The Morgan fingerprint density at radius 3 is 2.48 bits per heavy atom. The molecular formula is C25H30N4O2. The Hall–Kier alpha value is -3.15. The summed E-state index contributed by atoms with van der Waals surface area (Å²) in [5.74, 6) is 1.32. The molecule has 162 valence electrons. The average Bonchev–Trinajstić information content (AvgIpc) is 3.13. The zero-order valence-electron chi connectivity index (χ0n) is 18.5. The van der Waals surface area contributed by atoms with Gasteiger partial charge in [0.15, 0.2) is 0 Å². The number of hydrogen-bond donors (Lipinski definition) is 1. The molecule has 1 unspecified atom stereocenters. The van der Waals surface area contributed by atoms with Gasteiger partial charge in [0, 0.05) is 18.7 Å². The van der Waals surface area contributed by atoms with E-state index in [2.05, 4.69) is 12.2 Å². The molecule has 6 nitrogen and oxygen atoms in total. The van der Waals surface area contributed by atoms with Crippen LogP contribution in [0.4, 0.5) is 0 Å². The lowest BCUT2D eigenvalue weighted by molar-refractivity contribution is -0.133. The molecule has 0 bridgehead atoms. The highest BCUT2D eigenvalue weighted by Crippen LogP contribution is 2.23. The number of para-hydroxylation sites is 2. The number of rotatable bonds is 5. The Morgan fingerprint density at radius 2 is 1.77 bits per heavy atom. The molecular weight excluding hydrogens is 388 g/mol. The van der Waals surface area contributed by atoms with Gasteiger partial charge in [-0.3, -0.25) is 9.59 Å². The number of nitrogens with one attached hydrogen (secondary N) is 1. The maximum absolute atomic E-state index is 13.1. The van der Waals surface area contributed by atoms with Crippen molar-refractivity contribution < 1.29 is 9.59 Å². The van der Waals surface area contributed by atoms with Crippen molar-refractivity contribution in [3.05, 3.63) is 65.5 Å². The van der Waals surface area contributed by atoms with Crippen molar-refractivity contribution in [2.24, 2.45) is 5.92 Å². The molecule has 2 amide bonds. The molecule has 2 aromatic carbocycles. The Bertz CT molecular complexity index is 1080. The second kappa shape index (κ2) is 8.92. The first-order valence-electron chi connectivity index (χ1n) is 11.0. The molecule has 1 N–H and O–H groups in total. The largest absolute Gasteiger partial charge is 0.342 e. The van der Waals surface area contributed by atoms with Crippen LogP contribution in [-0.4, -0.2) is 39.4 Å². The van der Waals surface area contributed by atoms with Crippen LogP contribution in [0.25, 0.3) is 11.0 Å². The van der Waals surface area contributed by atoms with Crippen molar-refractivity contribution in [2.45, 2.75) is 46.2 Å². The van der Waals surface area contributed by atoms with E-state index in [1.54, 1.807) is 0 Å². The van der Waals surface area contributed by atoms with Crippen LogP contribution in [0, 0.1) is 12.8 Å². The van der Waals surface area contributed by atoms with Gasteiger partial charge in [0.1, 0.15) is 12.4 Å². The molecule has 1 aliphatic rings. The number of piperidine rings is 1. The number of fused-ring (bicyclic) bond motifs is 1. The molecule has 0 radical (unpaired) electrons. The zero-order chi connectivity index (χ0) is 22.0. The van der Waals surface area contributed by atoms with Crippen molar-refractivity contribution in [3.63, 3.8) is 0 Å². The first-order valence-corrected chi connectivity index (χ1v) is 11.0. The quantitative estimate of drug-likeness (QED) is 0.678. The summed E-state index contributed by atoms with van der Waals surface area (Å²) in [7, 11) is 0. The summed E-state index contributed by atoms with van der Waals surface area (Å²) in [6.45, 7) is 7.99. The fourth-order valence-corrected chi connectivity index (χ4v) is 4.13. The first-order chi connectivity index (χ1) is 14.9. The topological polar surface area (TPSA) is 67.2 Å². The molecule has 0 saturated carbocycles. The van der Waals surface area contributed by atoms with Gasteiger partial charge in [-0.05, 0) is 56.9 Å². The number of likely N-dealkylation sites (tertiary alicyclic amines) is 1. The summed E-state index contributed by atoms with van der Waals surface area (Å²) >= 11 is 0. The van der Waals surface area contributed by atoms with Gasteiger partial charge >= 0.3 is 0 Å². The number of aromatic nitrogens is 2. The SMILES string of the molecule is Cc1ccc(C(=O)NC(C)c2nc3ccccc3n2CC(=O)N2CCC(C)CC2)cc1. The van der Waals surface area contributed by atoms with Crippen LogP contribution >= 0.6 is 0 Å². The second-order valence-corrected chi connectivity index (χ2v) is 8.67. The summed E-state index contributed by atoms with van der Waals surface area (Å²) in [6, 6.07) is 15.0. The number of carbonyl (C=O) groups is 2. The minimum Gasteiger partial charge on any atom is -0.342 e. The predicted molar refractivity (Wildman–Crippen MR) is 122 cm³/mol. The Labute approximate surface area is 183 Å². The van der Waals surface area contributed by atoms with Gasteiger partial charge in [-0.15, -0.1) is 0 Å². The normalized spacial score (nSPS) is 15.8. The monoisotopic (exact) mass is 418 g/mol. The minimum atomic E-state index is -0.338. The van der Waals surface area contributed by atoms with Crippen molar-refractivity contribution in [1.82, 2.24) is 19.8 Å². The lowest BCUT2D eigenvalue weighted by Crippen LogP contribution is -2.40. The van der Waals surface area contributed by atoms with E-state index in [-0.39, 0.29) is 24.4 Å². The Kier molecular flexibility index (Phi) is 6.07. The maximum atomic E-state index is 13.1. The predicted octanol–water partition coefficient (Wildman–Crippen LogP) is 4.09. The summed E-state index contributed by atoms with van der Waals surface area (Å²) < 4.78 is 1.95. The van der Waals surface area contributed by atoms with E-state index in [0.29, 0.717) is 17.3 Å². The third-order valence-electron chi connectivity index (χ3n) is 6.16. The van der Waals surface area contributed by atoms with Gasteiger partial charge in [-0.1, -0.05) is 36.8 Å². The molecule has 1 saturated heterocycles. The number of nitrogens with zero attached hydrogens (tertiary/aromatic N) is 3. The van der Waals surface area contributed by atoms with Gasteiger partial charge < -0.3 is 14.8 Å². The third kappa shape index (κ3) is 4.63. The van der Waals surface area contributed by atoms with Gasteiger partial charge in [0.2, 0.25) is 5.91 Å². The number of benzene rings is 2. The minimum absolute atomic E-state index is 0.105. The van der Waals surface area contributed by atoms with Crippen LogP contribution < -0.4 is 5.32 Å². The fourth-order valence-electron chi connectivity index (χ4n) is 4.13. The van der Waals surface area contributed by atoms with Gasteiger partial charge in [0.25, 0.3) is 5.91 Å². The summed E-state index contributed by atoms with van der Waals surface area (Å²) in [5.41, 5.74) is 3.46. The van der Waals surface area contributed by atoms with Crippen LogP contribution in [0.5, 0.6) is 0 Å². The number of imidazole rings is 1. The van der Waals surface area contributed by atoms with Gasteiger partial charge in [-0.2, -0.15) is 0 Å². The standard InChI is InChI=1S/C25H30N4O2/c1-17-8-10-20(11-9-17)25(31)26-19(3)24-27-21-6-4-5-7-22(21)29(24)16-23(30)28-14-12-18(2)13-15-28/h4-11,18-19H,12-16H2,1-3H3,(H,26,31). The van der Waals surface area contributed by atoms with Crippen molar-refractivity contribution in [1.29, 1.82) is 0 Å². The smallest absolute Gasteiger partial charge is 0.251 e. The highest BCUT2D eigenvalue weighted by atomic mass is 16.2. The van der Waals surface area contributed by atoms with Crippen LogP contribution in [-0.2, 0) is 11.3 Å². The number of carbonyl (C=O) groups excluding carboxylic acids is 2. The first kappa shape index (κ1) is 21.1. The van der Waals surface area contributed by atoms with Crippen LogP contribution in [0.3, 0.4) is 0 Å². The van der Waals surface area contributed by atoms with Crippen molar-refractivity contribution in [3.8, 4) is 0 Å². The van der Waals surface area contributed by atoms with E-state index < -0.39 is 0 Å². The number of hydrogen-bond acceptors (Lipinski definition) is 3. The maximum Gasteiger partial charge on any atom is 0.251 e. The molecule has 0 spiro atoms. The van der Waals surface area contributed by atoms with E-state index in [0.717, 1.165) is 42.5 Å². The van der Waals surface area contributed by atoms with E-state index in [4.69, 9.17) is 4.98 Å². The Balaban J connectivity index is 1.57. The molecule has 1 aliphatic heterocycles. The molecule has 6 heteroatoms. The summed E-state index contributed by atoms with van der Waals surface area (Å²) in [4.78, 5) is 32.5. The average molecular weight is 419 g/mol. The van der Waals surface area contributed by atoms with E-state index in [1.807, 2.05) is 71.8 Å². The summed E-state index contributed by atoms with van der Waals surface area (Å²) in [6.07, 6.45) is 2.10. The fraction of sp³-hybridized carbons (Fsp3) is 0.400. The highest BCUT2D eigenvalue weighted by Gasteiger charge is 2.24. The molecule has 3 aromatic rings. The van der Waals surface area contributed by atoms with Crippen molar-refractivity contribution >= 4 is 22.8 Å². The number of amides is 2. The molecule has 2 heterocycles. The summed E-state index contributed by atoms with van der Waals surface area (Å²) in [5, 5.41) is 3.04. The van der Waals surface area contributed by atoms with Crippen LogP contribution in [0.2, 0.25) is 0 Å². The molecule has 1 aromatic heterocycles. The van der Waals surface area contributed by atoms with Crippen LogP contribution in [0.1, 0.15) is 54.5 Å². The van der Waals surface area contributed by atoms with Crippen LogP contribution in [0.15, 0.2) is 48.5 Å². The molecule has 1 fully saturated rings. The number of aryl methyl sites for hydroxylation is 1. The van der Waals surface area contributed by atoms with Gasteiger partial charge in [0.05, 0.1) is 17.1 Å². The third-order valence-corrected chi connectivity index (χ3v) is 6.16. The highest BCUT2D eigenvalue weighted by molar-refractivity contribution is 5.94. The second-order valence-electron chi connectivity index (χ2n) is 8.67. The molecule has 31 heavy (non-hydrogen) atoms. The molecule has 0 aliphatic carbocycles. The van der Waals surface area contributed by atoms with E-state index >= 15 is 0 Å². The molecule has 1 atom stereocenters. The lowest BCUT2D eigenvalue weighted by atomic mass is 9.99. The zero-order valence-corrected chi connectivity index (χ0v) is 18.5. The van der Waals surface area contributed by atoms with Crippen molar-refractivity contribution in [2.75, 3.05) is 13.1 Å².